The van der Waals surface area contributed by atoms with Crippen molar-refractivity contribution in [1.29, 1.82) is 0 Å². The van der Waals surface area contributed by atoms with E-state index in [-0.39, 0.29) is 0 Å². The Hall–Kier alpha value is -2.03. The summed E-state index contributed by atoms with van der Waals surface area (Å²) in [4.78, 5) is 13.1. The van der Waals surface area contributed by atoms with Gasteiger partial charge in [0.25, 0.3) is 0 Å². The van der Waals surface area contributed by atoms with Crippen LogP contribution in [-0.4, -0.2) is 48.2 Å². The highest BCUT2D eigenvalue weighted by Crippen LogP contribution is 2.44. The smallest absolute Gasteiger partial charge is 0.343 e. The van der Waals surface area contributed by atoms with Crippen molar-refractivity contribution >= 4 is 16.7 Å². The van der Waals surface area contributed by atoms with Crippen LogP contribution < -0.4 is 4.74 Å². The van der Waals surface area contributed by atoms with Crippen molar-refractivity contribution in [3.05, 3.63) is 42.5 Å². The van der Waals surface area contributed by atoms with Crippen LogP contribution in [0.3, 0.4) is 0 Å². The van der Waals surface area contributed by atoms with Crippen LogP contribution in [0.25, 0.3) is 10.8 Å². The molecular weight excluding hydrogens is 376 g/mol. The molecule has 3 aliphatic rings. The lowest BCUT2D eigenvalue weighted by Gasteiger charge is -2.35. The first-order valence-corrected chi connectivity index (χ1v) is 9.79. The standard InChI is InChI=1S/C22H24O7/c1-21(2)26-15-16(27-21)18-20(29-22(3,4)28-18)25-17(15)19(23)24-14-11-7-9-12-8-5-6-10-13(12)14/h5-11,15-18,20H,1-4H3/t15-,16-,17-,18-,20+/m1/s1. The topological polar surface area (TPSA) is 72.5 Å². The van der Waals surface area contributed by atoms with E-state index in [1.165, 1.54) is 0 Å². The molecule has 5 atom stereocenters. The molecule has 3 aliphatic heterocycles. The number of carbonyl (C=O) groups excluding carboxylic acids is 1. The largest absolute Gasteiger partial charge is 0.424 e. The minimum atomic E-state index is -1.00. The van der Waals surface area contributed by atoms with Crippen LogP contribution in [-0.2, 0) is 28.5 Å². The van der Waals surface area contributed by atoms with Gasteiger partial charge in [-0.1, -0.05) is 36.4 Å². The Morgan fingerprint density at radius 1 is 0.828 bits per heavy atom. The SMILES string of the molecule is CC1(C)O[C@@H]2[C@@H](O1)[C@H](C(=O)Oc1cccc3ccccc13)O[C@H]1OC(C)(C)O[C@@H]12. The Kier molecular flexibility index (Phi) is 4.24. The van der Waals surface area contributed by atoms with Crippen LogP contribution in [0.2, 0.25) is 0 Å². The van der Waals surface area contributed by atoms with Gasteiger partial charge in [0, 0.05) is 5.39 Å². The summed E-state index contributed by atoms with van der Waals surface area (Å²) in [6.45, 7) is 7.20. The summed E-state index contributed by atoms with van der Waals surface area (Å²) in [5.41, 5.74) is 0. The normalized spacial score (nSPS) is 34.6. The van der Waals surface area contributed by atoms with E-state index in [2.05, 4.69) is 0 Å². The van der Waals surface area contributed by atoms with E-state index in [0.717, 1.165) is 10.8 Å². The molecule has 7 nitrogen and oxygen atoms in total. The van der Waals surface area contributed by atoms with Gasteiger partial charge in [-0.25, -0.2) is 4.79 Å². The van der Waals surface area contributed by atoms with E-state index in [9.17, 15) is 4.79 Å². The second-order valence-electron chi connectivity index (χ2n) is 8.49. The number of benzene rings is 2. The lowest BCUT2D eigenvalue weighted by Crippen LogP contribution is -2.58. The van der Waals surface area contributed by atoms with Gasteiger partial charge in [0.05, 0.1) is 0 Å². The highest BCUT2D eigenvalue weighted by molar-refractivity contribution is 5.91. The number of fused-ring (bicyclic) bond motifs is 4. The Balaban J connectivity index is 1.44. The van der Waals surface area contributed by atoms with Gasteiger partial charge in [-0.3, -0.25) is 0 Å². The average Bonchev–Trinajstić information content (AvgIpc) is 3.15. The first-order chi connectivity index (χ1) is 13.7. The minimum Gasteiger partial charge on any atom is -0.424 e. The van der Waals surface area contributed by atoms with Crippen molar-refractivity contribution < 1.29 is 33.2 Å². The first-order valence-electron chi connectivity index (χ1n) is 9.79. The number of esters is 1. The fourth-order valence-electron chi connectivity index (χ4n) is 4.25. The van der Waals surface area contributed by atoms with Crippen LogP contribution in [0.15, 0.2) is 42.5 Å². The molecule has 7 heteroatoms. The first kappa shape index (κ1) is 19.0. The summed E-state index contributed by atoms with van der Waals surface area (Å²) in [5.74, 6) is -1.80. The molecule has 0 unspecified atom stereocenters. The third kappa shape index (κ3) is 3.33. The van der Waals surface area contributed by atoms with Gasteiger partial charge in [-0.05, 0) is 39.1 Å². The average molecular weight is 400 g/mol. The Morgan fingerprint density at radius 3 is 2.31 bits per heavy atom. The number of ether oxygens (including phenoxy) is 6. The molecule has 0 spiro atoms. The zero-order valence-corrected chi connectivity index (χ0v) is 16.8. The molecule has 0 radical (unpaired) electrons. The molecule has 0 N–H and O–H groups in total. The van der Waals surface area contributed by atoms with E-state index in [1.807, 2.05) is 36.4 Å². The maximum atomic E-state index is 13.1. The molecule has 2 aromatic rings. The van der Waals surface area contributed by atoms with Gasteiger partial charge in [0.2, 0.25) is 0 Å². The van der Waals surface area contributed by atoms with E-state index in [0.29, 0.717) is 5.75 Å². The van der Waals surface area contributed by atoms with Gasteiger partial charge in [-0.2, -0.15) is 0 Å². The Labute approximate surface area is 168 Å². The number of hydrogen-bond donors (Lipinski definition) is 0. The van der Waals surface area contributed by atoms with Gasteiger partial charge in [0.15, 0.2) is 24.0 Å². The molecule has 29 heavy (non-hydrogen) atoms. The van der Waals surface area contributed by atoms with Crippen LogP contribution in [0.1, 0.15) is 27.7 Å². The van der Waals surface area contributed by atoms with Crippen molar-refractivity contribution in [2.75, 3.05) is 0 Å². The predicted molar refractivity (Wildman–Crippen MR) is 102 cm³/mol. The van der Waals surface area contributed by atoms with Crippen molar-refractivity contribution in [1.82, 2.24) is 0 Å². The fraction of sp³-hybridized carbons (Fsp3) is 0.500. The maximum Gasteiger partial charge on any atom is 0.343 e. The van der Waals surface area contributed by atoms with Crippen molar-refractivity contribution in [2.45, 2.75) is 70.0 Å². The van der Waals surface area contributed by atoms with E-state index in [1.54, 1.807) is 33.8 Å². The van der Waals surface area contributed by atoms with Crippen LogP contribution in [0.5, 0.6) is 5.75 Å². The van der Waals surface area contributed by atoms with Crippen LogP contribution >= 0.6 is 0 Å². The van der Waals surface area contributed by atoms with Gasteiger partial charge in [-0.15, -0.1) is 0 Å². The summed E-state index contributed by atoms with van der Waals surface area (Å²) in [6, 6.07) is 13.3. The number of carbonyl (C=O) groups is 1. The zero-order valence-electron chi connectivity index (χ0n) is 16.8. The third-order valence-corrected chi connectivity index (χ3v) is 5.35. The predicted octanol–water partition coefficient (Wildman–Crippen LogP) is 3.14. The lowest BCUT2D eigenvalue weighted by molar-refractivity contribution is -0.236. The molecule has 0 aromatic heterocycles. The van der Waals surface area contributed by atoms with E-state index >= 15 is 0 Å². The molecule has 0 bridgehead atoms. The quantitative estimate of drug-likeness (QED) is 0.566. The highest BCUT2D eigenvalue weighted by atomic mass is 16.9. The molecule has 154 valence electrons. The summed E-state index contributed by atoms with van der Waals surface area (Å²) in [5, 5.41) is 1.83. The summed E-state index contributed by atoms with van der Waals surface area (Å²) in [6.07, 6.45) is -3.39. The monoisotopic (exact) mass is 400 g/mol. The fourth-order valence-corrected chi connectivity index (χ4v) is 4.25. The Bertz CT molecular complexity index is 948. The molecule has 5 rings (SSSR count). The molecule has 0 amide bonds. The molecule has 3 heterocycles. The lowest BCUT2D eigenvalue weighted by atomic mass is 9.99. The molecule has 0 aliphatic carbocycles. The van der Waals surface area contributed by atoms with Crippen molar-refractivity contribution in [2.24, 2.45) is 0 Å². The van der Waals surface area contributed by atoms with Crippen LogP contribution in [0, 0.1) is 0 Å². The van der Waals surface area contributed by atoms with Crippen molar-refractivity contribution in [3.63, 3.8) is 0 Å². The van der Waals surface area contributed by atoms with Gasteiger partial charge in [0.1, 0.15) is 24.1 Å². The maximum absolute atomic E-state index is 13.1. The van der Waals surface area contributed by atoms with E-state index in [4.69, 9.17) is 28.4 Å². The third-order valence-electron chi connectivity index (χ3n) is 5.35. The van der Waals surface area contributed by atoms with E-state index < -0.39 is 48.2 Å². The summed E-state index contributed by atoms with van der Waals surface area (Å²) < 4.78 is 35.6. The highest BCUT2D eigenvalue weighted by Gasteiger charge is 2.62. The molecule has 0 saturated carbocycles. The Morgan fingerprint density at radius 2 is 1.48 bits per heavy atom. The summed E-state index contributed by atoms with van der Waals surface area (Å²) in [7, 11) is 0. The van der Waals surface area contributed by atoms with Gasteiger partial charge >= 0.3 is 5.97 Å². The number of hydrogen-bond acceptors (Lipinski definition) is 7. The van der Waals surface area contributed by atoms with Gasteiger partial charge < -0.3 is 28.4 Å². The molecule has 3 saturated heterocycles. The molecular formula is C22H24O7. The molecule has 3 fully saturated rings. The van der Waals surface area contributed by atoms with Crippen LogP contribution in [0.4, 0.5) is 0 Å². The number of rotatable bonds is 2. The second-order valence-corrected chi connectivity index (χ2v) is 8.49. The summed E-state index contributed by atoms with van der Waals surface area (Å²) >= 11 is 0. The minimum absolute atomic E-state index is 0.470. The molecule has 2 aromatic carbocycles. The zero-order chi connectivity index (χ0) is 20.4. The van der Waals surface area contributed by atoms with Crippen molar-refractivity contribution in [3.8, 4) is 5.75 Å². The second kappa shape index (κ2) is 6.48.